The molecule has 1 atom stereocenters. The molecule has 2 aliphatic heterocycles. The third-order valence-electron chi connectivity index (χ3n) is 6.05. The molecule has 0 bridgehead atoms. The zero-order valence-electron chi connectivity index (χ0n) is 19.0. The number of rotatable bonds is 3. The largest absolute Gasteiger partial charge is 0.490 e. The summed E-state index contributed by atoms with van der Waals surface area (Å²) < 4.78 is 39.9. The van der Waals surface area contributed by atoms with Crippen molar-refractivity contribution in [3.8, 4) is 6.07 Å². The molecule has 0 radical (unpaired) electrons. The van der Waals surface area contributed by atoms with E-state index in [4.69, 9.17) is 14.6 Å². The molecule has 0 amide bonds. The number of nitriles is 1. The number of aryl methyl sites for hydroxylation is 1. The maximum absolute atomic E-state index is 10.6. The number of hydrogen-bond acceptors (Lipinski definition) is 6. The number of imidazole rings is 1. The van der Waals surface area contributed by atoms with E-state index in [2.05, 4.69) is 38.5 Å². The molecular formula is C23H28F3N5O3. The minimum atomic E-state index is -5.08. The van der Waals surface area contributed by atoms with Crippen LogP contribution < -0.4 is 4.90 Å². The van der Waals surface area contributed by atoms with Crippen molar-refractivity contribution in [3.63, 3.8) is 0 Å². The van der Waals surface area contributed by atoms with E-state index < -0.39 is 12.1 Å². The summed E-state index contributed by atoms with van der Waals surface area (Å²) in [7, 11) is 2.06. The van der Waals surface area contributed by atoms with Crippen LogP contribution in [-0.2, 0) is 23.1 Å². The lowest BCUT2D eigenvalue weighted by molar-refractivity contribution is -0.192. The summed E-state index contributed by atoms with van der Waals surface area (Å²) in [5.41, 5.74) is 1.97. The van der Waals surface area contributed by atoms with Crippen LogP contribution >= 0.6 is 0 Å². The molecule has 1 N–H and O–H groups in total. The Hall–Kier alpha value is -3.10. The Morgan fingerprint density at radius 2 is 2.09 bits per heavy atom. The number of anilines is 1. The van der Waals surface area contributed by atoms with Crippen LogP contribution in [0.2, 0.25) is 0 Å². The molecule has 8 nitrogen and oxygen atoms in total. The fourth-order valence-corrected chi connectivity index (χ4v) is 4.43. The predicted octanol–water partition coefficient (Wildman–Crippen LogP) is 3.04. The predicted molar refractivity (Wildman–Crippen MR) is 118 cm³/mol. The van der Waals surface area contributed by atoms with Gasteiger partial charge in [0.2, 0.25) is 0 Å². The molecule has 1 spiro atoms. The Balaban J connectivity index is 0.000000406. The van der Waals surface area contributed by atoms with Gasteiger partial charge in [-0.2, -0.15) is 18.4 Å². The van der Waals surface area contributed by atoms with Crippen molar-refractivity contribution in [2.45, 2.75) is 25.6 Å². The first-order valence-corrected chi connectivity index (χ1v) is 10.9. The molecule has 0 saturated carbocycles. The number of aliphatic carboxylic acids is 1. The Bertz CT molecular complexity index is 1020. The molecule has 2 fully saturated rings. The van der Waals surface area contributed by atoms with Crippen molar-refractivity contribution in [3.05, 3.63) is 48.0 Å². The Morgan fingerprint density at radius 3 is 2.74 bits per heavy atom. The van der Waals surface area contributed by atoms with Crippen molar-refractivity contribution < 1.29 is 27.8 Å². The molecule has 1 unspecified atom stereocenters. The molecular weight excluding hydrogens is 451 g/mol. The van der Waals surface area contributed by atoms with Gasteiger partial charge in [-0.1, -0.05) is 6.07 Å². The first-order chi connectivity index (χ1) is 16.1. The molecule has 0 aliphatic carbocycles. The van der Waals surface area contributed by atoms with Crippen LogP contribution in [0.3, 0.4) is 0 Å². The van der Waals surface area contributed by atoms with Gasteiger partial charge in [0.25, 0.3) is 0 Å². The minimum absolute atomic E-state index is 0.128. The summed E-state index contributed by atoms with van der Waals surface area (Å²) >= 11 is 0. The number of likely N-dealkylation sites (tertiary alicyclic amines) is 1. The van der Waals surface area contributed by atoms with E-state index in [-0.39, 0.29) is 5.41 Å². The second kappa shape index (κ2) is 10.9. The van der Waals surface area contributed by atoms with Gasteiger partial charge in [0.1, 0.15) is 5.82 Å². The highest BCUT2D eigenvalue weighted by Crippen LogP contribution is 2.35. The van der Waals surface area contributed by atoms with Crippen molar-refractivity contribution in [2.75, 3.05) is 44.3 Å². The molecule has 2 aromatic rings. The van der Waals surface area contributed by atoms with Crippen LogP contribution in [0.25, 0.3) is 0 Å². The lowest BCUT2D eigenvalue weighted by Crippen LogP contribution is -2.50. The normalized spacial score (nSPS) is 21.3. The van der Waals surface area contributed by atoms with Gasteiger partial charge in [0.15, 0.2) is 0 Å². The van der Waals surface area contributed by atoms with E-state index in [0.29, 0.717) is 5.56 Å². The molecule has 11 heteroatoms. The van der Waals surface area contributed by atoms with Crippen LogP contribution in [0.4, 0.5) is 18.9 Å². The van der Waals surface area contributed by atoms with Crippen molar-refractivity contribution in [1.29, 1.82) is 5.26 Å². The topological polar surface area (TPSA) is 94.6 Å². The second-order valence-electron chi connectivity index (χ2n) is 8.71. The highest BCUT2D eigenvalue weighted by molar-refractivity contribution is 5.73. The highest BCUT2D eigenvalue weighted by atomic mass is 19.4. The zero-order chi connectivity index (χ0) is 24.8. The fourth-order valence-electron chi connectivity index (χ4n) is 4.43. The number of ether oxygens (including phenoxy) is 1. The van der Waals surface area contributed by atoms with Gasteiger partial charge in [-0.15, -0.1) is 0 Å². The standard InChI is InChI=1S/C21H27N5O.C2HF3O2/c1-24-9-7-23-20(24)14-25-8-3-6-21(15-25)16-26(10-11-27-17-21)19-5-2-4-18(12-19)13-22;3-2(4,5)1(6)7/h2,4-5,7,9,12H,3,6,8,10-11,14-17H2,1H3;(H,6,7). The fraction of sp³-hybridized carbons (Fsp3) is 0.522. The summed E-state index contributed by atoms with van der Waals surface area (Å²) in [6.07, 6.45) is 1.15. The number of hydrogen-bond donors (Lipinski definition) is 1. The molecule has 1 aromatic heterocycles. The lowest BCUT2D eigenvalue weighted by atomic mass is 9.80. The van der Waals surface area contributed by atoms with Crippen LogP contribution in [0.1, 0.15) is 24.2 Å². The Kier molecular flexibility index (Phi) is 8.17. The number of alkyl halides is 3. The van der Waals surface area contributed by atoms with Crippen molar-refractivity contribution in [2.24, 2.45) is 12.5 Å². The molecule has 1 aromatic carbocycles. The monoisotopic (exact) mass is 479 g/mol. The number of nitrogens with zero attached hydrogens (tertiary/aromatic N) is 5. The van der Waals surface area contributed by atoms with Crippen molar-refractivity contribution in [1.82, 2.24) is 14.5 Å². The average molecular weight is 480 g/mol. The molecule has 184 valence electrons. The van der Waals surface area contributed by atoms with Gasteiger partial charge in [-0.3, -0.25) is 4.90 Å². The van der Waals surface area contributed by atoms with E-state index in [9.17, 15) is 18.4 Å². The van der Waals surface area contributed by atoms with E-state index in [1.165, 1.54) is 12.8 Å². The number of benzene rings is 1. The summed E-state index contributed by atoms with van der Waals surface area (Å²) in [4.78, 5) is 18.3. The summed E-state index contributed by atoms with van der Waals surface area (Å²) in [6.45, 7) is 6.40. The molecule has 2 saturated heterocycles. The van der Waals surface area contributed by atoms with Gasteiger partial charge in [0, 0.05) is 50.2 Å². The van der Waals surface area contributed by atoms with Gasteiger partial charge < -0.3 is 19.3 Å². The number of carbonyl (C=O) groups is 1. The van der Waals surface area contributed by atoms with E-state index >= 15 is 0 Å². The third kappa shape index (κ3) is 6.71. The third-order valence-corrected chi connectivity index (χ3v) is 6.05. The van der Waals surface area contributed by atoms with Crippen LogP contribution in [0.15, 0.2) is 36.7 Å². The summed E-state index contributed by atoms with van der Waals surface area (Å²) in [5, 5.41) is 16.4. The Morgan fingerprint density at radius 1 is 1.32 bits per heavy atom. The summed E-state index contributed by atoms with van der Waals surface area (Å²) in [6, 6.07) is 10.2. The highest BCUT2D eigenvalue weighted by Gasteiger charge is 2.39. The first kappa shape index (κ1) is 25.5. The van der Waals surface area contributed by atoms with Crippen LogP contribution in [0, 0.1) is 16.7 Å². The smallest absolute Gasteiger partial charge is 0.475 e. The summed E-state index contributed by atoms with van der Waals surface area (Å²) in [5.74, 6) is -1.65. The molecule has 3 heterocycles. The Labute approximate surface area is 196 Å². The lowest BCUT2D eigenvalue weighted by Gasteiger charge is -2.44. The maximum atomic E-state index is 10.6. The van der Waals surface area contributed by atoms with Gasteiger partial charge in [0.05, 0.1) is 31.4 Å². The number of piperidine rings is 1. The molecule has 4 rings (SSSR count). The quantitative estimate of drug-likeness (QED) is 0.723. The molecule has 2 aliphatic rings. The number of carboxylic acids is 1. The zero-order valence-corrected chi connectivity index (χ0v) is 19.0. The molecule has 34 heavy (non-hydrogen) atoms. The number of aromatic nitrogens is 2. The minimum Gasteiger partial charge on any atom is -0.475 e. The van der Waals surface area contributed by atoms with Gasteiger partial charge >= 0.3 is 12.1 Å². The average Bonchev–Trinajstić information content (AvgIpc) is 3.08. The van der Waals surface area contributed by atoms with E-state index in [0.717, 1.165) is 57.4 Å². The van der Waals surface area contributed by atoms with E-state index in [1.54, 1.807) is 0 Å². The number of carboxylic acid groups (broad SMARTS) is 1. The van der Waals surface area contributed by atoms with Crippen molar-refractivity contribution >= 4 is 11.7 Å². The van der Waals surface area contributed by atoms with E-state index in [1.807, 2.05) is 30.6 Å². The maximum Gasteiger partial charge on any atom is 0.490 e. The SMILES string of the molecule is Cn1ccnc1CN1CCCC2(COCCN(c3cccc(C#N)c3)C2)C1.O=C(O)C(F)(F)F. The van der Waals surface area contributed by atoms with Gasteiger partial charge in [-0.05, 0) is 37.6 Å². The van der Waals surface area contributed by atoms with Crippen LogP contribution in [0.5, 0.6) is 0 Å². The number of halogens is 3. The van der Waals surface area contributed by atoms with Crippen LogP contribution in [-0.4, -0.2) is 71.1 Å². The second-order valence-corrected chi connectivity index (χ2v) is 8.71. The van der Waals surface area contributed by atoms with Gasteiger partial charge in [-0.25, -0.2) is 9.78 Å². The first-order valence-electron chi connectivity index (χ1n) is 10.9.